The Balaban J connectivity index is 0.969. The molecule has 9 nitrogen and oxygen atoms in total. The van der Waals surface area contributed by atoms with Gasteiger partial charge in [-0.2, -0.15) is 26.3 Å². The third kappa shape index (κ3) is 5.80. The Kier molecular flexibility index (Phi) is 8.45. The predicted molar refractivity (Wildman–Crippen MR) is 191 cm³/mol. The van der Waals surface area contributed by atoms with Crippen molar-refractivity contribution in [1.82, 2.24) is 20.6 Å². The molecule has 9 rings (SSSR count). The van der Waals surface area contributed by atoms with Crippen LogP contribution < -0.4 is 10.6 Å². The summed E-state index contributed by atoms with van der Waals surface area (Å²) in [6.45, 7) is 0.659. The fraction of sp³-hybridized carbons (Fsp3) is 0.366. The van der Waals surface area contributed by atoms with Gasteiger partial charge in [-0.25, -0.2) is 9.97 Å². The molecule has 0 radical (unpaired) electrons. The Morgan fingerprint density at radius 3 is 1.95 bits per heavy atom. The average Bonchev–Trinajstić information content (AvgIpc) is 3.80. The summed E-state index contributed by atoms with van der Waals surface area (Å²) in [7, 11) is 0. The summed E-state index contributed by atoms with van der Waals surface area (Å²) in [5.74, 6) is -0.254. The van der Waals surface area contributed by atoms with Gasteiger partial charge < -0.3 is 15.4 Å². The highest BCUT2D eigenvalue weighted by molar-refractivity contribution is 6.17. The number of halogens is 6. The van der Waals surface area contributed by atoms with Crippen LogP contribution in [0.1, 0.15) is 87.4 Å². The quantitative estimate of drug-likeness (QED) is 0.168. The van der Waals surface area contributed by atoms with Gasteiger partial charge in [-0.05, 0) is 96.5 Å². The molecule has 2 atom stereocenters. The number of aryl methyl sites for hydroxylation is 1. The fourth-order valence-electron chi connectivity index (χ4n) is 8.71. The van der Waals surface area contributed by atoms with Gasteiger partial charge in [-0.15, -0.1) is 0 Å². The van der Waals surface area contributed by atoms with Crippen molar-refractivity contribution in [3.63, 3.8) is 0 Å². The maximum absolute atomic E-state index is 14.0. The average molecular weight is 773 g/mol. The van der Waals surface area contributed by atoms with Crippen LogP contribution in [-0.4, -0.2) is 53.1 Å². The van der Waals surface area contributed by atoms with Gasteiger partial charge in [0.05, 0.1) is 31.1 Å². The number of carbonyl (C=O) groups is 2. The molecule has 1 saturated carbocycles. The fourth-order valence-corrected chi connectivity index (χ4v) is 8.71. The van der Waals surface area contributed by atoms with Gasteiger partial charge >= 0.3 is 12.4 Å². The van der Waals surface area contributed by atoms with E-state index in [-0.39, 0.29) is 55.7 Å². The lowest BCUT2D eigenvalue weighted by atomic mass is 9.73. The number of nitrogens with one attached hydrogen (secondary N) is 2. The minimum absolute atomic E-state index is 0.0148. The lowest BCUT2D eigenvalue weighted by molar-refractivity contribution is -0.142. The molecule has 288 valence electrons. The number of aliphatic imine (C=N–C) groups is 2. The summed E-state index contributed by atoms with van der Waals surface area (Å²) >= 11 is 0. The van der Waals surface area contributed by atoms with Crippen molar-refractivity contribution in [3.8, 4) is 0 Å². The van der Waals surface area contributed by atoms with Gasteiger partial charge in [0, 0.05) is 17.7 Å². The number of rotatable bonds is 7. The summed E-state index contributed by atoms with van der Waals surface area (Å²) in [5.41, 5.74) is -0.742. The normalized spacial score (nSPS) is 24.0. The van der Waals surface area contributed by atoms with Crippen LogP contribution in [0.4, 0.5) is 26.3 Å². The first-order valence-corrected chi connectivity index (χ1v) is 18.5. The zero-order chi connectivity index (χ0) is 39.0. The minimum Gasteiger partial charge on any atom is -0.375 e. The smallest absolute Gasteiger partial charge is 0.375 e. The number of fused-ring (bicyclic) bond motifs is 8. The zero-order valence-electron chi connectivity index (χ0n) is 29.8. The number of alkyl halides is 6. The first kappa shape index (κ1) is 36.2. The van der Waals surface area contributed by atoms with Gasteiger partial charge in [-0.1, -0.05) is 42.5 Å². The molecular formula is C41H34F6N6O3. The molecular weight excluding hydrogens is 738 g/mol. The highest BCUT2D eigenvalue weighted by atomic mass is 19.4. The molecule has 56 heavy (non-hydrogen) atoms. The number of ether oxygens (including phenoxy) is 1. The second-order valence-corrected chi connectivity index (χ2v) is 14.9. The van der Waals surface area contributed by atoms with Crippen LogP contribution in [0.5, 0.6) is 0 Å². The molecule has 2 N–H and O–H groups in total. The Labute approximate surface area is 316 Å². The first-order chi connectivity index (χ1) is 26.8. The third-order valence-electron chi connectivity index (χ3n) is 11.6. The van der Waals surface area contributed by atoms with E-state index >= 15 is 0 Å². The second kappa shape index (κ2) is 13.1. The largest absolute Gasteiger partial charge is 0.433 e. The number of amidine groups is 2. The summed E-state index contributed by atoms with van der Waals surface area (Å²) in [4.78, 5) is 45.1. The van der Waals surface area contributed by atoms with Gasteiger partial charge in [0.1, 0.15) is 33.9 Å². The van der Waals surface area contributed by atoms with E-state index in [9.17, 15) is 35.9 Å². The van der Waals surface area contributed by atoms with Gasteiger partial charge in [0.25, 0.3) is 0 Å². The van der Waals surface area contributed by atoms with Crippen LogP contribution in [0, 0.1) is 5.92 Å². The topological polar surface area (TPSA) is 118 Å². The second-order valence-electron chi connectivity index (χ2n) is 14.9. The summed E-state index contributed by atoms with van der Waals surface area (Å²) < 4.78 is 89.5. The molecule has 15 heteroatoms. The minimum atomic E-state index is -4.72. The van der Waals surface area contributed by atoms with E-state index in [2.05, 4.69) is 30.6 Å². The molecule has 2 amide bonds. The molecule has 2 unspecified atom stereocenters. The summed E-state index contributed by atoms with van der Waals surface area (Å²) in [5, 5.41) is 5.73. The highest BCUT2D eigenvalue weighted by Crippen LogP contribution is 2.49. The van der Waals surface area contributed by atoms with E-state index in [1.165, 1.54) is 12.1 Å². The molecule has 2 aromatic heterocycles. The molecule has 3 aliphatic carbocycles. The van der Waals surface area contributed by atoms with Gasteiger partial charge in [0.15, 0.2) is 0 Å². The number of aromatic nitrogens is 2. The number of nitrogens with zero attached hydrogens (tertiary/aromatic N) is 4. The predicted octanol–water partition coefficient (Wildman–Crippen LogP) is 6.36. The number of hydrogen-bond donors (Lipinski definition) is 2. The van der Waals surface area contributed by atoms with Crippen LogP contribution >= 0.6 is 0 Å². The van der Waals surface area contributed by atoms with Gasteiger partial charge in [0.2, 0.25) is 11.8 Å². The molecule has 2 aliphatic heterocycles. The maximum Gasteiger partial charge on any atom is 0.433 e. The molecule has 2 aromatic carbocycles. The maximum atomic E-state index is 14.0. The van der Waals surface area contributed by atoms with E-state index in [1.54, 1.807) is 24.3 Å². The number of hydrogen-bond acceptors (Lipinski definition) is 7. The molecule has 2 spiro atoms. The van der Waals surface area contributed by atoms with Crippen molar-refractivity contribution in [2.75, 3.05) is 19.7 Å². The van der Waals surface area contributed by atoms with Crippen LogP contribution in [0.25, 0.3) is 0 Å². The standard InChI is InChI=1S/C41H34F6N6O3/c42-40(43,44)30-12-10-26-32(50-30)38(16-14-23-4-1-2-6-28(23)38)36(54)52-34(26)48-18-19-56-21-24-5-3-7-29-25(24)15-17-39(29)33-27(11-13-31(51-33)41(45,46)47)35(53-37(39)55)49-20-22-8-9-22/h1-7,10-13,22H,8-9,14-21H2,(H,48,52,54)(H,49,53,55). The Morgan fingerprint density at radius 2 is 1.30 bits per heavy atom. The molecule has 0 bridgehead atoms. The van der Waals surface area contributed by atoms with E-state index in [4.69, 9.17) is 4.74 Å². The Hall–Kier alpha value is -5.44. The summed E-state index contributed by atoms with van der Waals surface area (Å²) in [6.07, 6.45) is -6.05. The van der Waals surface area contributed by atoms with E-state index in [1.807, 2.05) is 18.2 Å². The van der Waals surface area contributed by atoms with Crippen LogP contribution in [0.15, 0.2) is 76.7 Å². The summed E-state index contributed by atoms with van der Waals surface area (Å²) in [6, 6.07) is 16.9. The number of pyridine rings is 2. The molecule has 4 aromatic rings. The zero-order valence-corrected chi connectivity index (χ0v) is 29.8. The van der Waals surface area contributed by atoms with E-state index in [0.29, 0.717) is 47.6 Å². The lowest BCUT2D eigenvalue weighted by Gasteiger charge is -2.35. The third-order valence-corrected chi connectivity index (χ3v) is 11.6. The van der Waals surface area contributed by atoms with Gasteiger partial charge in [-0.3, -0.25) is 19.6 Å². The number of amides is 2. The van der Waals surface area contributed by atoms with Crippen molar-refractivity contribution >= 4 is 23.5 Å². The van der Waals surface area contributed by atoms with Crippen LogP contribution in [-0.2, 0) is 57.0 Å². The van der Waals surface area contributed by atoms with Crippen LogP contribution in [0.2, 0.25) is 0 Å². The Morgan fingerprint density at radius 1 is 0.714 bits per heavy atom. The molecule has 0 saturated heterocycles. The first-order valence-electron chi connectivity index (χ1n) is 18.5. The molecule has 4 heterocycles. The van der Waals surface area contributed by atoms with Crippen LogP contribution in [0.3, 0.4) is 0 Å². The monoisotopic (exact) mass is 772 g/mol. The molecule has 5 aliphatic rings. The van der Waals surface area contributed by atoms with Crippen molar-refractivity contribution in [2.24, 2.45) is 15.9 Å². The molecule has 1 fully saturated rings. The number of carbonyl (C=O) groups excluding carboxylic acids is 2. The SMILES string of the molecule is O=C1NC(=NCCOCc2cccc3c2CCC32C(=O)NC(=NCC3CC3)c3ccc(C(F)(F)F)nc32)c2ccc(C(F)(F)F)nc2C12CCc1ccccc12. The van der Waals surface area contributed by atoms with Crippen molar-refractivity contribution in [2.45, 2.75) is 68.3 Å². The number of benzene rings is 2. The Bertz CT molecular complexity index is 2370. The lowest BCUT2D eigenvalue weighted by Crippen LogP contribution is -2.53. The van der Waals surface area contributed by atoms with Crippen molar-refractivity contribution < 1.29 is 40.7 Å². The highest BCUT2D eigenvalue weighted by Gasteiger charge is 2.55. The van der Waals surface area contributed by atoms with E-state index in [0.717, 1.165) is 41.7 Å². The van der Waals surface area contributed by atoms with Crippen molar-refractivity contribution in [1.29, 1.82) is 0 Å². The van der Waals surface area contributed by atoms with Crippen molar-refractivity contribution in [3.05, 3.63) is 128 Å². The van der Waals surface area contributed by atoms with E-state index < -0.39 is 46.4 Å².